The van der Waals surface area contributed by atoms with E-state index in [1.54, 1.807) is 22.7 Å². The van der Waals surface area contributed by atoms with E-state index >= 15 is 0 Å². The van der Waals surface area contributed by atoms with Crippen molar-refractivity contribution in [3.8, 4) is 0 Å². The molecule has 2 aliphatic carbocycles. The molecule has 1 saturated carbocycles. The van der Waals surface area contributed by atoms with E-state index < -0.39 is 5.56 Å². The van der Waals surface area contributed by atoms with E-state index in [1.807, 2.05) is 6.92 Å². The largest absolute Gasteiger partial charge is 0.490 e. The third-order valence-electron chi connectivity index (χ3n) is 5.04. The van der Waals surface area contributed by atoms with Gasteiger partial charge in [0.15, 0.2) is 5.76 Å². The highest BCUT2D eigenvalue weighted by atomic mass is 32.1. The second-order valence-electron chi connectivity index (χ2n) is 6.97. The highest BCUT2D eigenvalue weighted by Gasteiger charge is 2.22. The molecule has 0 spiro atoms. The zero-order valence-corrected chi connectivity index (χ0v) is 16.5. The standard InChI is InChI=1S/C20H22N4O3S/c1-2-27-16-11-12(8-9-15(16)25)10-14-17(21)24-20(22-18(14)26)28-19(23-24)13-6-4-3-5-7-13/h8-11,13H,2-7,21H2,1H3/b12-10-. The third kappa shape index (κ3) is 3.52. The van der Waals surface area contributed by atoms with Gasteiger partial charge >= 0.3 is 0 Å². The molecule has 2 aromatic rings. The van der Waals surface area contributed by atoms with Crippen molar-refractivity contribution < 1.29 is 9.53 Å². The first-order chi connectivity index (χ1) is 13.6. The van der Waals surface area contributed by atoms with E-state index in [2.05, 4.69) is 10.1 Å². The molecule has 2 aliphatic rings. The van der Waals surface area contributed by atoms with Crippen molar-refractivity contribution in [1.82, 2.24) is 14.6 Å². The normalized spacial score (nSPS) is 19.4. The molecule has 28 heavy (non-hydrogen) atoms. The van der Waals surface area contributed by atoms with E-state index in [9.17, 15) is 9.59 Å². The summed E-state index contributed by atoms with van der Waals surface area (Å²) in [5.41, 5.74) is 6.79. The fraction of sp³-hybridized carbons (Fsp3) is 0.400. The van der Waals surface area contributed by atoms with Gasteiger partial charge in [-0.3, -0.25) is 9.59 Å². The number of nitrogen functional groups attached to an aromatic ring is 1. The summed E-state index contributed by atoms with van der Waals surface area (Å²) in [7, 11) is 0. The molecule has 0 aromatic carbocycles. The quantitative estimate of drug-likeness (QED) is 0.849. The fourth-order valence-electron chi connectivity index (χ4n) is 3.60. The number of carbonyl (C=O) groups excluding carboxylic acids is 1. The van der Waals surface area contributed by atoms with Gasteiger partial charge in [-0.2, -0.15) is 14.6 Å². The van der Waals surface area contributed by atoms with E-state index in [0.717, 1.165) is 17.8 Å². The number of carbonyl (C=O) groups is 1. The van der Waals surface area contributed by atoms with Crippen LogP contribution in [0.25, 0.3) is 11.0 Å². The van der Waals surface area contributed by atoms with Crippen LogP contribution in [-0.2, 0) is 9.53 Å². The van der Waals surface area contributed by atoms with Gasteiger partial charge in [-0.05, 0) is 43.6 Å². The van der Waals surface area contributed by atoms with E-state index in [-0.39, 0.29) is 22.9 Å². The number of ether oxygens (including phenoxy) is 1. The highest BCUT2D eigenvalue weighted by Crippen LogP contribution is 2.35. The zero-order valence-electron chi connectivity index (χ0n) is 15.7. The maximum atomic E-state index is 12.6. The molecular formula is C20H22N4O3S. The molecule has 0 radical (unpaired) electrons. The van der Waals surface area contributed by atoms with Gasteiger partial charge in [-0.25, -0.2) is 0 Å². The molecule has 7 nitrogen and oxygen atoms in total. The van der Waals surface area contributed by atoms with Crippen molar-refractivity contribution in [3.63, 3.8) is 0 Å². The molecule has 2 aromatic heterocycles. The van der Waals surface area contributed by atoms with Crippen LogP contribution < -0.4 is 11.3 Å². The topological polar surface area (TPSA) is 99.6 Å². The Labute approximate surface area is 166 Å². The number of allylic oxidation sites excluding steroid dienone is 4. The van der Waals surface area contributed by atoms with Crippen molar-refractivity contribution >= 4 is 34.0 Å². The lowest BCUT2D eigenvalue weighted by molar-refractivity contribution is -0.114. The minimum absolute atomic E-state index is 0.200. The maximum absolute atomic E-state index is 12.6. The van der Waals surface area contributed by atoms with E-state index in [1.165, 1.54) is 36.7 Å². The van der Waals surface area contributed by atoms with Crippen LogP contribution >= 0.6 is 11.3 Å². The van der Waals surface area contributed by atoms with Crippen LogP contribution in [0, 0.1) is 0 Å². The van der Waals surface area contributed by atoms with Gasteiger partial charge in [0.25, 0.3) is 5.56 Å². The molecule has 2 N–H and O–H groups in total. The lowest BCUT2D eigenvalue weighted by Gasteiger charge is -2.18. The zero-order chi connectivity index (χ0) is 19.7. The van der Waals surface area contributed by atoms with Crippen molar-refractivity contribution in [2.24, 2.45) is 0 Å². The third-order valence-corrected chi connectivity index (χ3v) is 6.11. The van der Waals surface area contributed by atoms with Crippen LogP contribution in [0.3, 0.4) is 0 Å². The fourth-order valence-corrected chi connectivity index (χ4v) is 4.66. The lowest BCUT2D eigenvalue weighted by atomic mass is 9.90. The monoisotopic (exact) mass is 398 g/mol. The maximum Gasteiger partial charge on any atom is 0.283 e. The van der Waals surface area contributed by atoms with Gasteiger partial charge in [0.1, 0.15) is 10.8 Å². The van der Waals surface area contributed by atoms with Crippen molar-refractivity contribution in [2.75, 3.05) is 12.3 Å². The number of nitrogens with zero attached hydrogens (tertiary/aromatic N) is 3. The summed E-state index contributed by atoms with van der Waals surface area (Å²) in [4.78, 5) is 29.1. The summed E-state index contributed by atoms with van der Waals surface area (Å²) in [6, 6.07) is 0. The summed E-state index contributed by atoms with van der Waals surface area (Å²) in [6.07, 6.45) is 12.2. The molecule has 1 fully saturated rings. The van der Waals surface area contributed by atoms with Gasteiger partial charge in [0, 0.05) is 5.92 Å². The van der Waals surface area contributed by atoms with Crippen molar-refractivity contribution in [2.45, 2.75) is 44.9 Å². The summed E-state index contributed by atoms with van der Waals surface area (Å²) in [5.74, 6) is 0.726. The number of nitrogens with two attached hydrogens (primary N) is 1. The minimum Gasteiger partial charge on any atom is -0.490 e. The molecule has 4 rings (SSSR count). The molecule has 8 heteroatoms. The van der Waals surface area contributed by atoms with E-state index in [4.69, 9.17) is 10.5 Å². The molecular weight excluding hydrogens is 376 g/mol. The summed E-state index contributed by atoms with van der Waals surface area (Å²) >= 11 is 1.44. The van der Waals surface area contributed by atoms with Gasteiger partial charge in [0.05, 0.1) is 12.2 Å². The van der Waals surface area contributed by atoms with Crippen LogP contribution in [0.5, 0.6) is 0 Å². The summed E-state index contributed by atoms with van der Waals surface area (Å²) in [6.45, 7) is 2.20. The Hall–Kier alpha value is -2.74. The van der Waals surface area contributed by atoms with E-state index in [0.29, 0.717) is 23.1 Å². The number of anilines is 1. The molecule has 0 aliphatic heterocycles. The predicted octanol–water partition coefficient (Wildman–Crippen LogP) is 3.22. The van der Waals surface area contributed by atoms with Gasteiger partial charge in [0.2, 0.25) is 10.7 Å². The molecule has 2 heterocycles. The highest BCUT2D eigenvalue weighted by molar-refractivity contribution is 7.16. The Kier molecular flexibility index (Phi) is 5.13. The average molecular weight is 398 g/mol. The predicted molar refractivity (Wildman–Crippen MR) is 109 cm³/mol. The minimum atomic E-state index is -0.402. The first-order valence-electron chi connectivity index (χ1n) is 9.54. The second-order valence-corrected chi connectivity index (χ2v) is 7.96. The lowest BCUT2D eigenvalue weighted by Crippen LogP contribution is -2.17. The van der Waals surface area contributed by atoms with Crippen LogP contribution in [0.1, 0.15) is 55.5 Å². The summed E-state index contributed by atoms with van der Waals surface area (Å²) in [5, 5.41) is 5.65. The molecule has 146 valence electrons. The second kappa shape index (κ2) is 7.71. The number of aromatic nitrogens is 3. The van der Waals surface area contributed by atoms with Crippen molar-refractivity contribution in [1.29, 1.82) is 0 Å². The SMILES string of the molecule is CCOC1=C/C(=C\c2c(N)n3nc(C4CCCCC4)sc3nc2=O)C=CC1=O. The molecule has 0 unspecified atom stereocenters. The first-order valence-corrected chi connectivity index (χ1v) is 10.4. The Bertz CT molecular complexity index is 1070. The van der Waals surface area contributed by atoms with Crippen LogP contribution in [0.15, 0.2) is 34.4 Å². The molecule has 0 saturated heterocycles. The van der Waals surface area contributed by atoms with Crippen LogP contribution in [0.2, 0.25) is 0 Å². The molecule has 0 amide bonds. The van der Waals surface area contributed by atoms with Gasteiger partial charge < -0.3 is 10.5 Å². The number of ketones is 1. The first kappa shape index (κ1) is 18.6. The van der Waals surface area contributed by atoms with Crippen LogP contribution in [-0.4, -0.2) is 27.0 Å². The van der Waals surface area contributed by atoms with Gasteiger partial charge in [-0.15, -0.1) is 0 Å². The molecule has 0 bridgehead atoms. The average Bonchev–Trinajstić information content (AvgIpc) is 3.12. The Morgan fingerprint density at radius 3 is 2.82 bits per heavy atom. The number of hydrogen-bond acceptors (Lipinski definition) is 7. The molecule has 0 atom stereocenters. The Balaban J connectivity index is 1.74. The van der Waals surface area contributed by atoms with Gasteiger partial charge in [-0.1, -0.05) is 36.7 Å². The summed E-state index contributed by atoms with van der Waals surface area (Å²) < 4.78 is 6.91. The Morgan fingerprint density at radius 2 is 2.07 bits per heavy atom. The van der Waals surface area contributed by atoms with Crippen LogP contribution in [0.4, 0.5) is 5.82 Å². The Morgan fingerprint density at radius 1 is 1.29 bits per heavy atom. The van der Waals surface area contributed by atoms with Crippen molar-refractivity contribution in [3.05, 3.63) is 50.5 Å². The number of hydrogen-bond donors (Lipinski definition) is 1. The smallest absolute Gasteiger partial charge is 0.283 e. The number of rotatable bonds is 4. The number of fused-ring (bicyclic) bond motifs is 1.